The minimum Gasteiger partial charge on any atom is -0.354 e. The molecule has 1 aliphatic rings. The van der Waals surface area contributed by atoms with Crippen molar-refractivity contribution in [1.29, 1.82) is 0 Å². The number of para-hydroxylation sites is 1. The lowest BCUT2D eigenvalue weighted by Crippen LogP contribution is -2.21. The van der Waals surface area contributed by atoms with Crippen molar-refractivity contribution < 1.29 is 4.79 Å². The van der Waals surface area contributed by atoms with Crippen LogP contribution in [-0.4, -0.2) is 17.4 Å². The van der Waals surface area contributed by atoms with E-state index >= 15 is 0 Å². The number of carbonyl (C=O) groups excluding carboxylic acids is 1. The van der Waals surface area contributed by atoms with E-state index in [0.29, 0.717) is 5.75 Å². The number of amides is 1. The summed E-state index contributed by atoms with van der Waals surface area (Å²) in [5, 5.41) is 7.80. The number of halogens is 1. The first-order valence-corrected chi connectivity index (χ1v) is 12.4. The zero-order valence-corrected chi connectivity index (χ0v) is 20.7. The normalized spacial score (nSPS) is 12.6. The van der Waals surface area contributed by atoms with Crippen molar-refractivity contribution in [3.05, 3.63) is 75.8 Å². The van der Waals surface area contributed by atoms with E-state index in [1.165, 1.54) is 21.6 Å². The Morgan fingerprint density at radius 2 is 1.84 bits per heavy atom. The molecule has 0 saturated heterocycles. The van der Waals surface area contributed by atoms with E-state index in [1.54, 1.807) is 11.8 Å². The Labute approximate surface area is 199 Å². The third kappa shape index (κ3) is 5.17. The van der Waals surface area contributed by atoms with Crippen molar-refractivity contribution in [1.82, 2.24) is 5.43 Å². The van der Waals surface area contributed by atoms with Gasteiger partial charge in [0.2, 0.25) is 5.91 Å². The molecule has 0 bridgehead atoms. The van der Waals surface area contributed by atoms with Crippen LogP contribution in [0.15, 0.2) is 78.9 Å². The van der Waals surface area contributed by atoms with Gasteiger partial charge < -0.3 is 5.32 Å². The fraction of sp³-hybridized carbons (Fsp3) is 0.167. The summed E-state index contributed by atoms with van der Waals surface area (Å²) < 4.78 is 1.08. The van der Waals surface area contributed by atoms with Gasteiger partial charge in [-0.05, 0) is 73.9 Å². The van der Waals surface area contributed by atoms with Gasteiger partial charge in [0.25, 0.3) is 0 Å². The van der Waals surface area contributed by atoms with Gasteiger partial charge in [0.15, 0.2) is 0 Å². The van der Waals surface area contributed by atoms with E-state index in [1.807, 2.05) is 39.0 Å². The Bertz CT molecular complexity index is 1190. The molecule has 2 N–H and O–H groups in total. The number of thioether (sulfide) groups is 1. The summed E-state index contributed by atoms with van der Waals surface area (Å²) in [6.45, 7) is 6.00. The molecule has 4 nitrogen and oxygen atoms in total. The summed E-state index contributed by atoms with van der Waals surface area (Å²) in [7, 11) is 0. The molecule has 0 aliphatic carbocycles. The molecule has 3 aromatic carbocycles. The highest BCUT2D eigenvalue weighted by Gasteiger charge is 2.16. The Hall–Kier alpha value is -2.22. The summed E-state index contributed by atoms with van der Waals surface area (Å²) in [6.07, 6.45) is 0. The van der Waals surface area contributed by atoms with Gasteiger partial charge in [-0.15, -0.1) is 11.8 Å². The van der Waals surface area contributed by atoms with E-state index in [9.17, 15) is 4.79 Å². The maximum atomic E-state index is 12.3. The highest BCUT2D eigenvalue weighted by molar-refractivity contribution is 9.10. The second-order valence-corrected chi connectivity index (χ2v) is 10.3. The molecular formula is C24H22BrN3OS2. The maximum Gasteiger partial charge on any atom is 0.250 e. The van der Waals surface area contributed by atoms with Crippen molar-refractivity contribution in [2.24, 2.45) is 5.10 Å². The molecule has 31 heavy (non-hydrogen) atoms. The number of aryl methyl sites for hydroxylation is 2. The zero-order valence-electron chi connectivity index (χ0n) is 17.5. The Kier molecular flexibility index (Phi) is 6.74. The molecule has 1 aliphatic heterocycles. The number of hydrazone groups is 1. The molecule has 1 amide bonds. The number of nitrogens with one attached hydrogen (secondary N) is 2. The van der Waals surface area contributed by atoms with Gasteiger partial charge in [-0.2, -0.15) is 5.10 Å². The summed E-state index contributed by atoms with van der Waals surface area (Å²) >= 11 is 6.82. The SMILES string of the molecule is C/C(=N/NC(=O)CSc1cc(C)c(Br)cc1C)c1ccc2c(c1)Nc1ccccc1S2. The van der Waals surface area contributed by atoms with E-state index in [-0.39, 0.29) is 5.91 Å². The van der Waals surface area contributed by atoms with Crippen molar-refractivity contribution in [3.8, 4) is 0 Å². The average Bonchev–Trinajstić information content (AvgIpc) is 2.77. The maximum absolute atomic E-state index is 12.3. The first kappa shape index (κ1) is 22.0. The van der Waals surface area contributed by atoms with Crippen molar-refractivity contribution >= 4 is 62.4 Å². The summed E-state index contributed by atoms with van der Waals surface area (Å²) in [4.78, 5) is 15.8. The quantitative estimate of drug-likeness (QED) is 0.173. The molecule has 0 fully saturated rings. The van der Waals surface area contributed by atoms with E-state index in [2.05, 4.69) is 68.2 Å². The molecular weight excluding hydrogens is 490 g/mol. The van der Waals surface area contributed by atoms with E-state index < -0.39 is 0 Å². The lowest BCUT2D eigenvalue weighted by molar-refractivity contribution is -0.118. The number of anilines is 2. The molecule has 3 aromatic rings. The minimum atomic E-state index is -0.120. The molecule has 0 saturated carbocycles. The minimum absolute atomic E-state index is 0.120. The molecule has 0 aromatic heterocycles. The van der Waals surface area contributed by atoms with Crippen LogP contribution in [0.4, 0.5) is 11.4 Å². The summed E-state index contributed by atoms with van der Waals surface area (Å²) in [5.74, 6) is 0.197. The molecule has 1 heterocycles. The Morgan fingerprint density at radius 3 is 2.68 bits per heavy atom. The fourth-order valence-corrected chi connectivity index (χ4v) is 5.48. The highest BCUT2D eigenvalue weighted by Crippen LogP contribution is 2.44. The first-order chi connectivity index (χ1) is 14.9. The van der Waals surface area contributed by atoms with Crippen LogP contribution >= 0.6 is 39.5 Å². The number of carbonyl (C=O) groups is 1. The van der Waals surface area contributed by atoms with Gasteiger partial charge in [0, 0.05) is 19.2 Å². The summed E-state index contributed by atoms with van der Waals surface area (Å²) in [5.41, 5.74) is 8.89. The zero-order chi connectivity index (χ0) is 22.0. The lowest BCUT2D eigenvalue weighted by atomic mass is 10.1. The highest BCUT2D eigenvalue weighted by atomic mass is 79.9. The van der Waals surface area contributed by atoms with Crippen molar-refractivity contribution in [2.45, 2.75) is 35.5 Å². The smallest absolute Gasteiger partial charge is 0.250 e. The van der Waals surface area contributed by atoms with E-state index in [4.69, 9.17) is 0 Å². The van der Waals surface area contributed by atoms with Crippen molar-refractivity contribution in [2.75, 3.05) is 11.1 Å². The van der Waals surface area contributed by atoms with E-state index in [0.717, 1.165) is 43.1 Å². The second-order valence-electron chi connectivity index (χ2n) is 7.32. The van der Waals surface area contributed by atoms with Gasteiger partial charge in [-0.3, -0.25) is 4.79 Å². The number of hydrogen-bond donors (Lipinski definition) is 2. The average molecular weight is 512 g/mol. The molecule has 0 spiro atoms. The lowest BCUT2D eigenvalue weighted by Gasteiger charge is -2.21. The Balaban J connectivity index is 1.39. The van der Waals surface area contributed by atoms with Crippen molar-refractivity contribution in [3.63, 3.8) is 0 Å². The molecule has 0 atom stereocenters. The number of benzene rings is 3. The van der Waals surface area contributed by atoms with Gasteiger partial charge in [0.05, 0.1) is 22.8 Å². The molecule has 4 rings (SSSR count). The number of hydrogen-bond acceptors (Lipinski definition) is 5. The van der Waals surface area contributed by atoms with Crippen LogP contribution in [0.1, 0.15) is 23.6 Å². The van der Waals surface area contributed by atoms with Crippen LogP contribution < -0.4 is 10.7 Å². The van der Waals surface area contributed by atoms with Gasteiger partial charge >= 0.3 is 0 Å². The van der Waals surface area contributed by atoms with Crippen LogP contribution in [0.25, 0.3) is 0 Å². The fourth-order valence-electron chi connectivity index (χ4n) is 3.16. The van der Waals surface area contributed by atoms with Crippen LogP contribution in [0.5, 0.6) is 0 Å². The largest absolute Gasteiger partial charge is 0.354 e. The Morgan fingerprint density at radius 1 is 1.06 bits per heavy atom. The standard InChI is InChI=1S/C24H22BrN3OS2/c1-14-11-23(15(2)10-18(14)25)30-13-24(29)28-27-16(3)17-8-9-22-20(12-17)26-19-6-4-5-7-21(19)31-22/h4-12,26H,13H2,1-3H3,(H,28,29)/b27-16-. The molecule has 0 unspecified atom stereocenters. The second kappa shape index (κ2) is 9.51. The predicted octanol–water partition coefficient (Wildman–Crippen LogP) is 6.91. The molecule has 7 heteroatoms. The molecule has 158 valence electrons. The summed E-state index contributed by atoms with van der Waals surface area (Å²) in [6, 6.07) is 18.6. The van der Waals surface area contributed by atoms with Gasteiger partial charge in [0.1, 0.15) is 0 Å². The first-order valence-electron chi connectivity index (χ1n) is 9.82. The third-order valence-electron chi connectivity index (χ3n) is 4.94. The van der Waals surface area contributed by atoms with Gasteiger partial charge in [-0.25, -0.2) is 5.43 Å². The number of rotatable bonds is 5. The van der Waals surface area contributed by atoms with Crippen LogP contribution in [0, 0.1) is 13.8 Å². The third-order valence-corrected chi connectivity index (χ3v) is 8.10. The predicted molar refractivity (Wildman–Crippen MR) is 135 cm³/mol. The molecule has 0 radical (unpaired) electrons. The monoisotopic (exact) mass is 511 g/mol. The van der Waals surface area contributed by atoms with Crippen LogP contribution in [0.3, 0.4) is 0 Å². The van der Waals surface area contributed by atoms with Crippen LogP contribution in [-0.2, 0) is 4.79 Å². The van der Waals surface area contributed by atoms with Crippen LogP contribution in [0.2, 0.25) is 0 Å². The number of fused-ring (bicyclic) bond motifs is 2. The van der Waals surface area contributed by atoms with Gasteiger partial charge in [-0.1, -0.05) is 45.9 Å². The number of nitrogens with zero attached hydrogens (tertiary/aromatic N) is 1. The topological polar surface area (TPSA) is 53.5 Å².